The molecule has 11 heteroatoms. The molecule has 0 saturated carbocycles. The quantitative estimate of drug-likeness (QED) is 0.203. The molecule has 0 unspecified atom stereocenters. The lowest BCUT2D eigenvalue weighted by molar-refractivity contribution is -0.124. The topological polar surface area (TPSA) is 106 Å². The summed E-state index contributed by atoms with van der Waals surface area (Å²) in [6.45, 7) is 4.99. The molecule has 0 radical (unpaired) electrons. The molecule has 0 aliphatic heterocycles. The third kappa shape index (κ3) is 10.4. The van der Waals surface area contributed by atoms with Crippen molar-refractivity contribution < 1.29 is 23.9 Å². The van der Waals surface area contributed by atoms with Crippen LogP contribution in [0.5, 0.6) is 5.75 Å². The Kier molecular flexibility index (Phi) is 11.1. The number of hydrogen-bond donors (Lipinski definition) is 6. The fraction of sp³-hybridized carbons (Fsp3) is 0.438. The van der Waals surface area contributed by atoms with Gasteiger partial charge in [-0.2, -0.15) is 0 Å². The first-order valence-corrected chi connectivity index (χ1v) is 11.8. The first kappa shape index (κ1) is 23.5. The van der Waals surface area contributed by atoms with E-state index in [-0.39, 0.29) is 23.6 Å². The molecule has 27 heavy (non-hydrogen) atoms. The fourth-order valence-electron chi connectivity index (χ4n) is 1.70. The average molecular weight is 436 g/mol. The summed E-state index contributed by atoms with van der Waals surface area (Å²) in [5.41, 5.74) is 0.557. The molecule has 1 rings (SSSR count). The Morgan fingerprint density at radius 1 is 1.04 bits per heavy atom. The summed E-state index contributed by atoms with van der Waals surface area (Å²) in [7, 11) is -1.32. The summed E-state index contributed by atoms with van der Waals surface area (Å²) in [5, 5.41) is 7.62. The number of thiol groups is 3. The summed E-state index contributed by atoms with van der Waals surface area (Å²) in [6.07, 6.45) is -0.613. The van der Waals surface area contributed by atoms with Crippen LogP contribution < -0.4 is 20.7 Å². The van der Waals surface area contributed by atoms with E-state index in [2.05, 4.69) is 39.3 Å². The second-order valence-corrected chi connectivity index (χ2v) is 9.95. The van der Waals surface area contributed by atoms with Crippen LogP contribution in [0.3, 0.4) is 0 Å². The summed E-state index contributed by atoms with van der Waals surface area (Å²) in [6, 6.07) is 6.33. The first-order valence-electron chi connectivity index (χ1n) is 8.19. The van der Waals surface area contributed by atoms with E-state index in [4.69, 9.17) is 9.47 Å². The maximum absolute atomic E-state index is 11.7. The monoisotopic (exact) mass is 435 g/mol. The molecule has 0 aliphatic carbocycles. The Balaban J connectivity index is 2.18. The minimum absolute atomic E-state index is 0.0251. The number of hydrogen-bond acceptors (Lipinski definition) is 7. The first-order chi connectivity index (χ1) is 12.8. The zero-order chi connectivity index (χ0) is 20.2. The van der Waals surface area contributed by atoms with E-state index in [9.17, 15) is 14.4 Å². The number of ether oxygens (including phenoxy) is 2. The molecule has 1 aromatic carbocycles. The van der Waals surface area contributed by atoms with Crippen molar-refractivity contribution in [1.82, 2.24) is 10.6 Å². The molecular formula is C16H25N3O5S3. The second kappa shape index (κ2) is 12.8. The molecule has 3 N–H and O–H groups in total. The van der Waals surface area contributed by atoms with Crippen LogP contribution in [-0.2, 0) is 9.53 Å². The van der Waals surface area contributed by atoms with Crippen molar-refractivity contribution >= 4 is 55.2 Å². The Morgan fingerprint density at radius 3 is 2.19 bits per heavy atom. The van der Waals surface area contributed by atoms with Crippen LogP contribution in [-0.4, -0.2) is 43.5 Å². The number of carbonyl (C=O) groups excluding carboxylic acids is 3. The molecule has 1 aromatic rings. The molecule has 0 bridgehead atoms. The highest BCUT2D eigenvalue weighted by molar-refractivity contribution is 9.14. The minimum atomic E-state index is -1.32. The highest BCUT2D eigenvalue weighted by Gasteiger charge is 2.07. The van der Waals surface area contributed by atoms with E-state index < -0.39 is 15.1 Å². The third-order valence-electron chi connectivity index (χ3n) is 3.08. The van der Waals surface area contributed by atoms with Gasteiger partial charge in [-0.05, 0) is 24.3 Å². The van der Waals surface area contributed by atoms with Gasteiger partial charge in [0.05, 0.1) is 13.2 Å². The van der Waals surface area contributed by atoms with Gasteiger partial charge in [-0.15, -0.1) is 23.3 Å². The van der Waals surface area contributed by atoms with Gasteiger partial charge in [-0.25, -0.2) is 4.79 Å². The standard InChI is InChI=1S/C16H25N3O5S3/c1-11(2)14(20)17-7-9-23-10-8-18-15(21)24-13-5-3-12(4-6-13)19-16(22)27(25)26/h3-6,11,25-27H,7-10H2,1-2H3,(H,17,20)(H,18,21)(H,19,22). The third-order valence-corrected chi connectivity index (χ3v) is 4.65. The van der Waals surface area contributed by atoms with Gasteiger partial charge >= 0.3 is 6.09 Å². The lowest BCUT2D eigenvalue weighted by Crippen LogP contribution is -2.32. The zero-order valence-corrected chi connectivity index (χ0v) is 17.8. The summed E-state index contributed by atoms with van der Waals surface area (Å²) >= 11 is 7.95. The van der Waals surface area contributed by atoms with Crippen LogP contribution in [0.2, 0.25) is 0 Å². The minimum Gasteiger partial charge on any atom is -0.410 e. The molecule has 8 nitrogen and oxygen atoms in total. The van der Waals surface area contributed by atoms with Crippen LogP contribution in [0.1, 0.15) is 13.8 Å². The largest absolute Gasteiger partial charge is 0.412 e. The molecule has 0 atom stereocenters. The highest BCUT2D eigenvalue weighted by Crippen LogP contribution is 2.36. The number of benzene rings is 1. The van der Waals surface area contributed by atoms with E-state index in [1.54, 1.807) is 24.3 Å². The lowest BCUT2D eigenvalue weighted by atomic mass is 10.2. The van der Waals surface area contributed by atoms with Gasteiger partial charge in [0.2, 0.25) is 5.91 Å². The zero-order valence-electron chi connectivity index (χ0n) is 15.1. The summed E-state index contributed by atoms with van der Waals surface area (Å²) < 4.78 is 10.4. The van der Waals surface area contributed by atoms with Crippen LogP contribution in [0, 0.1) is 5.92 Å². The van der Waals surface area contributed by atoms with Crippen molar-refractivity contribution in [3.8, 4) is 5.75 Å². The van der Waals surface area contributed by atoms with Crippen LogP contribution in [0.4, 0.5) is 15.3 Å². The van der Waals surface area contributed by atoms with E-state index in [0.717, 1.165) is 0 Å². The Bertz CT molecular complexity index is 626. The molecule has 3 amide bonds. The predicted octanol–water partition coefficient (Wildman–Crippen LogP) is 2.79. The molecule has 0 saturated heterocycles. The summed E-state index contributed by atoms with van der Waals surface area (Å²) in [5.74, 6) is 0.250. The van der Waals surface area contributed by atoms with Crippen LogP contribution in [0.15, 0.2) is 24.3 Å². The number of amides is 3. The van der Waals surface area contributed by atoms with Crippen LogP contribution in [0.25, 0.3) is 0 Å². The normalized spacial score (nSPS) is 10.9. The Hall–Kier alpha value is -1.56. The lowest BCUT2D eigenvalue weighted by Gasteiger charge is -2.10. The predicted molar refractivity (Wildman–Crippen MR) is 115 cm³/mol. The maximum Gasteiger partial charge on any atom is 0.412 e. The van der Waals surface area contributed by atoms with Crippen molar-refractivity contribution in [2.24, 2.45) is 5.92 Å². The van der Waals surface area contributed by atoms with Crippen molar-refractivity contribution in [2.75, 3.05) is 31.6 Å². The Labute approximate surface area is 171 Å². The van der Waals surface area contributed by atoms with Crippen molar-refractivity contribution in [3.05, 3.63) is 24.3 Å². The molecule has 152 valence electrons. The molecule has 0 heterocycles. The SMILES string of the molecule is CC(C)C(=O)NCCOCCNC(=O)Oc1ccc(NC(=O)[SH](S)S)cc1. The van der Waals surface area contributed by atoms with Crippen molar-refractivity contribution in [1.29, 1.82) is 0 Å². The van der Waals surface area contributed by atoms with E-state index in [1.165, 1.54) is 0 Å². The Morgan fingerprint density at radius 2 is 1.63 bits per heavy atom. The second-order valence-electron chi connectivity index (χ2n) is 5.62. The van der Waals surface area contributed by atoms with Gasteiger partial charge in [0, 0.05) is 24.7 Å². The van der Waals surface area contributed by atoms with E-state index >= 15 is 0 Å². The number of nitrogens with one attached hydrogen (secondary N) is 3. The molecule has 0 fully saturated rings. The molecule has 0 aliphatic rings. The number of carbonyl (C=O) groups is 3. The van der Waals surface area contributed by atoms with Gasteiger partial charge in [0.1, 0.15) is 5.75 Å². The highest BCUT2D eigenvalue weighted by atomic mass is 33.5. The van der Waals surface area contributed by atoms with Gasteiger partial charge in [0.25, 0.3) is 5.24 Å². The van der Waals surface area contributed by atoms with E-state index in [1.807, 2.05) is 13.8 Å². The maximum atomic E-state index is 11.7. The van der Waals surface area contributed by atoms with Gasteiger partial charge in [0.15, 0.2) is 0 Å². The van der Waals surface area contributed by atoms with Gasteiger partial charge in [-0.1, -0.05) is 22.8 Å². The smallest absolute Gasteiger partial charge is 0.410 e. The van der Waals surface area contributed by atoms with Crippen molar-refractivity contribution in [2.45, 2.75) is 13.8 Å². The molecule has 0 spiro atoms. The van der Waals surface area contributed by atoms with Gasteiger partial charge < -0.3 is 25.4 Å². The van der Waals surface area contributed by atoms with E-state index in [0.29, 0.717) is 31.2 Å². The fourth-order valence-corrected chi connectivity index (χ4v) is 2.23. The number of rotatable bonds is 9. The molecule has 0 aromatic heterocycles. The number of anilines is 1. The van der Waals surface area contributed by atoms with Crippen LogP contribution >= 0.6 is 32.3 Å². The summed E-state index contributed by atoms with van der Waals surface area (Å²) in [4.78, 5) is 34.5. The average Bonchev–Trinajstić information content (AvgIpc) is 2.62. The molecular weight excluding hydrogens is 410 g/mol. The van der Waals surface area contributed by atoms with Gasteiger partial charge in [-0.3, -0.25) is 9.59 Å². The van der Waals surface area contributed by atoms with Crippen molar-refractivity contribution in [3.63, 3.8) is 0 Å².